The van der Waals surface area contributed by atoms with Gasteiger partial charge in [0.25, 0.3) is 0 Å². The zero-order valence-electron chi connectivity index (χ0n) is 16.6. The van der Waals surface area contributed by atoms with Crippen molar-refractivity contribution in [1.29, 1.82) is 0 Å². The third kappa shape index (κ3) is 4.70. The van der Waals surface area contributed by atoms with Crippen LogP contribution in [-0.4, -0.2) is 16.5 Å². The molecule has 1 heterocycles. The maximum Gasteiger partial charge on any atom is 0.225 e. The zero-order valence-corrected chi connectivity index (χ0v) is 18.2. The number of nitrogens with zero attached hydrogens (tertiary/aromatic N) is 2. The van der Waals surface area contributed by atoms with Crippen LogP contribution in [0.3, 0.4) is 0 Å². The average Bonchev–Trinajstić information content (AvgIpc) is 2.76. The van der Waals surface area contributed by atoms with Crippen LogP contribution < -0.4 is 16.8 Å². The van der Waals surface area contributed by atoms with Crippen molar-refractivity contribution < 1.29 is 0 Å². The summed E-state index contributed by atoms with van der Waals surface area (Å²) in [6.07, 6.45) is 5.76. The van der Waals surface area contributed by atoms with Crippen molar-refractivity contribution in [3.8, 4) is 0 Å². The van der Waals surface area contributed by atoms with Crippen molar-refractivity contribution in [2.75, 3.05) is 17.6 Å². The van der Waals surface area contributed by atoms with Crippen LogP contribution in [0.15, 0.2) is 46.9 Å². The standard InChI is InChI=1S/C23H28BrN5/c24-21-20(12-15-8-10-16(13-25)11-9-15)28-23(29-22(21)26)27-14-18-6-3-5-17-4-1-2-7-19(17)18/h1-7,15-16H,8-14,25H2,(H3,26,27,28,29). The molecule has 1 saturated carbocycles. The highest BCUT2D eigenvalue weighted by Crippen LogP contribution is 2.33. The Balaban J connectivity index is 1.48. The van der Waals surface area contributed by atoms with Gasteiger partial charge in [-0.2, -0.15) is 4.98 Å². The van der Waals surface area contributed by atoms with E-state index in [2.05, 4.69) is 68.7 Å². The van der Waals surface area contributed by atoms with Crippen LogP contribution in [0.1, 0.15) is 36.9 Å². The Morgan fingerprint density at radius 2 is 1.69 bits per heavy atom. The first kappa shape index (κ1) is 20.1. The molecule has 0 radical (unpaired) electrons. The predicted octanol–water partition coefficient (Wildman–Crippen LogP) is 4.89. The van der Waals surface area contributed by atoms with Crippen molar-refractivity contribution in [2.45, 2.75) is 38.6 Å². The molecule has 0 bridgehead atoms. The molecule has 1 aliphatic rings. The molecular formula is C23H28BrN5. The van der Waals surface area contributed by atoms with E-state index < -0.39 is 0 Å². The Hall–Kier alpha value is -2.18. The Morgan fingerprint density at radius 1 is 0.966 bits per heavy atom. The smallest absolute Gasteiger partial charge is 0.225 e. The number of rotatable bonds is 6. The lowest BCUT2D eigenvalue weighted by atomic mass is 9.80. The molecule has 0 amide bonds. The second-order valence-electron chi connectivity index (χ2n) is 8.01. The molecule has 4 rings (SSSR count). The number of nitrogen functional groups attached to an aromatic ring is 1. The fourth-order valence-corrected chi connectivity index (χ4v) is 4.63. The summed E-state index contributed by atoms with van der Waals surface area (Å²) in [7, 11) is 0. The van der Waals surface area contributed by atoms with Gasteiger partial charge >= 0.3 is 0 Å². The van der Waals surface area contributed by atoms with Crippen LogP contribution in [-0.2, 0) is 13.0 Å². The molecule has 29 heavy (non-hydrogen) atoms. The van der Waals surface area contributed by atoms with Gasteiger partial charge in [0.1, 0.15) is 5.82 Å². The minimum Gasteiger partial charge on any atom is -0.383 e. The van der Waals surface area contributed by atoms with Crippen LogP contribution in [0.4, 0.5) is 11.8 Å². The number of nitrogens with two attached hydrogens (primary N) is 2. The first-order valence-corrected chi connectivity index (χ1v) is 11.2. The second kappa shape index (κ2) is 9.09. The fourth-order valence-electron chi connectivity index (χ4n) is 4.29. The Bertz CT molecular complexity index is 977. The van der Waals surface area contributed by atoms with E-state index in [1.54, 1.807) is 0 Å². The summed E-state index contributed by atoms with van der Waals surface area (Å²) in [5.41, 5.74) is 14.2. The molecule has 0 unspecified atom stereocenters. The lowest BCUT2D eigenvalue weighted by molar-refractivity contribution is 0.277. The number of hydrogen-bond donors (Lipinski definition) is 3. The highest BCUT2D eigenvalue weighted by molar-refractivity contribution is 9.10. The van der Waals surface area contributed by atoms with E-state index in [1.165, 1.54) is 42.0 Å². The molecule has 0 atom stereocenters. The Kier molecular flexibility index (Phi) is 6.31. The molecule has 1 aromatic heterocycles. The van der Waals surface area contributed by atoms with E-state index in [-0.39, 0.29) is 0 Å². The van der Waals surface area contributed by atoms with Gasteiger partial charge in [0.15, 0.2) is 0 Å². The Labute approximate surface area is 180 Å². The molecule has 5 N–H and O–H groups in total. The molecule has 152 valence electrons. The van der Waals surface area contributed by atoms with Crippen molar-refractivity contribution in [2.24, 2.45) is 17.6 Å². The maximum absolute atomic E-state index is 6.18. The second-order valence-corrected chi connectivity index (χ2v) is 8.80. The predicted molar refractivity (Wildman–Crippen MR) is 124 cm³/mol. The first-order valence-electron chi connectivity index (χ1n) is 10.4. The van der Waals surface area contributed by atoms with Crippen LogP contribution in [0.5, 0.6) is 0 Å². The third-order valence-corrected chi connectivity index (χ3v) is 6.91. The summed E-state index contributed by atoms with van der Waals surface area (Å²) in [5.74, 6) is 2.40. The van der Waals surface area contributed by atoms with Gasteiger partial charge in [-0.25, -0.2) is 4.98 Å². The maximum atomic E-state index is 6.18. The minimum atomic E-state index is 0.492. The highest BCUT2D eigenvalue weighted by Gasteiger charge is 2.22. The highest BCUT2D eigenvalue weighted by atomic mass is 79.9. The van der Waals surface area contributed by atoms with E-state index in [0.29, 0.717) is 30.1 Å². The SMILES string of the molecule is NCC1CCC(Cc2nc(NCc3cccc4ccccc34)nc(N)c2Br)CC1. The molecule has 1 aliphatic carbocycles. The molecule has 5 nitrogen and oxygen atoms in total. The van der Waals surface area contributed by atoms with Crippen LogP contribution in [0.2, 0.25) is 0 Å². The lowest BCUT2D eigenvalue weighted by Crippen LogP contribution is -2.23. The number of anilines is 2. The monoisotopic (exact) mass is 453 g/mol. The van der Waals surface area contributed by atoms with E-state index >= 15 is 0 Å². The molecule has 0 saturated heterocycles. The van der Waals surface area contributed by atoms with Crippen molar-refractivity contribution in [3.05, 3.63) is 58.2 Å². The molecular weight excluding hydrogens is 426 g/mol. The van der Waals surface area contributed by atoms with E-state index in [4.69, 9.17) is 16.5 Å². The van der Waals surface area contributed by atoms with E-state index in [1.807, 2.05) is 0 Å². The van der Waals surface area contributed by atoms with Crippen molar-refractivity contribution in [3.63, 3.8) is 0 Å². The number of halogens is 1. The zero-order chi connectivity index (χ0) is 20.2. The first-order chi connectivity index (χ1) is 14.1. The van der Waals surface area contributed by atoms with E-state index in [0.717, 1.165) is 23.1 Å². The molecule has 0 spiro atoms. The molecule has 2 aromatic carbocycles. The Morgan fingerprint density at radius 3 is 2.48 bits per heavy atom. The van der Waals surface area contributed by atoms with Gasteiger partial charge in [-0.05, 0) is 82.8 Å². The topological polar surface area (TPSA) is 89.8 Å². The van der Waals surface area contributed by atoms with Gasteiger partial charge in [0.05, 0.1) is 10.2 Å². The van der Waals surface area contributed by atoms with E-state index in [9.17, 15) is 0 Å². The lowest BCUT2D eigenvalue weighted by Gasteiger charge is -2.27. The number of aromatic nitrogens is 2. The summed E-state index contributed by atoms with van der Waals surface area (Å²) in [6.45, 7) is 1.46. The van der Waals surface area contributed by atoms with Gasteiger partial charge in [-0.3, -0.25) is 0 Å². The van der Waals surface area contributed by atoms with Gasteiger partial charge in [0, 0.05) is 6.54 Å². The molecule has 0 aliphatic heterocycles. The summed E-state index contributed by atoms with van der Waals surface area (Å²) < 4.78 is 0.828. The largest absolute Gasteiger partial charge is 0.383 e. The van der Waals surface area contributed by atoms with Crippen molar-refractivity contribution >= 4 is 38.5 Å². The summed E-state index contributed by atoms with van der Waals surface area (Å²) >= 11 is 3.60. The number of hydrogen-bond acceptors (Lipinski definition) is 5. The van der Waals surface area contributed by atoms with Crippen LogP contribution in [0.25, 0.3) is 10.8 Å². The minimum absolute atomic E-state index is 0.492. The van der Waals surface area contributed by atoms with Crippen LogP contribution >= 0.6 is 15.9 Å². The number of fused-ring (bicyclic) bond motifs is 1. The number of nitrogens with one attached hydrogen (secondary N) is 1. The summed E-state index contributed by atoms with van der Waals surface area (Å²) in [5, 5.41) is 5.85. The third-order valence-electron chi connectivity index (χ3n) is 6.04. The van der Waals surface area contributed by atoms with Crippen LogP contribution in [0, 0.1) is 11.8 Å². The van der Waals surface area contributed by atoms with Gasteiger partial charge in [0.2, 0.25) is 5.95 Å². The van der Waals surface area contributed by atoms with Gasteiger partial charge in [-0.1, -0.05) is 42.5 Å². The molecule has 3 aromatic rings. The van der Waals surface area contributed by atoms with Gasteiger partial charge < -0.3 is 16.8 Å². The van der Waals surface area contributed by atoms with Crippen molar-refractivity contribution in [1.82, 2.24) is 9.97 Å². The summed E-state index contributed by atoms with van der Waals surface area (Å²) in [6, 6.07) is 14.7. The summed E-state index contributed by atoms with van der Waals surface area (Å²) in [4.78, 5) is 9.23. The normalized spacial score (nSPS) is 19.4. The average molecular weight is 454 g/mol. The molecule has 1 fully saturated rings. The quantitative estimate of drug-likeness (QED) is 0.493. The van der Waals surface area contributed by atoms with Gasteiger partial charge in [-0.15, -0.1) is 0 Å². The fraction of sp³-hybridized carbons (Fsp3) is 0.391. The number of benzene rings is 2. The molecule has 6 heteroatoms.